The van der Waals surface area contributed by atoms with Crippen LogP contribution in [0.5, 0.6) is 5.75 Å². The van der Waals surface area contributed by atoms with E-state index in [0.717, 1.165) is 16.5 Å². The average molecular weight is 258 g/mol. The number of rotatable bonds is 2. The Morgan fingerprint density at radius 1 is 1.21 bits per heavy atom. The Bertz CT molecular complexity index is 615. The molecule has 0 aromatic heterocycles. The number of ether oxygens (including phenoxy) is 1. The van der Waals surface area contributed by atoms with E-state index in [1.165, 1.54) is 0 Å². The van der Waals surface area contributed by atoms with Crippen molar-refractivity contribution in [2.75, 3.05) is 5.43 Å². The molecule has 0 spiro atoms. The van der Waals surface area contributed by atoms with Crippen molar-refractivity contribution in [2.24, 2.45) is 11.3 Å². The number of nitrogen functional groups attached to an aromatic ring is 1. The van der Waals surface area contributed by atoms with E-state index in [9.17, 15) is 4.79 Å². The molecule has 0 saturated heterocycles. The monoisotopic (exact) mass is 258 g/mol. The molecule has 2 aromatic rings. The minimum atomic E-state index is -0.540. The molecule has 0 aliphatic carbocycles. The van der Waals surface area contributed by atoms with Crippen LogP contribution in [0.2, 0.25) is 0 Å². The van der Waals surface area contributed by atoms with Crippen molar-refractivity contribution in [3.63, 3.8) is 0 Å². The summed E-state index contributed by atoms with van der Waals surface area (Å²) < 4.78 is 5.39. The average Bonchev–Trinajstić information content (AvgIpc) is 2.36. The Morgan fingerprint density at radius 3 is 2.53 bits per heavy atom. The molecule has 0 atom stereocenters. The van der Waals surface area contributed by atoms with Gasteiger partial charge in [0, 0.05) is 11.5 Å². The molecular weight excluding hydrogens is 240 g/mol. The predicted octanol–water partition coefficient (Wildman–Crippen LogP) is 3.08. The third kappa shape index (κ3) is 2.85. The van der Waals surface area contributed by atoms with Gasteiger partial charge in [-0.3, -0.25) is 10.6 Å². The van der Waals surface area contributed by atoms with Gasteiger partial charge in [0.15, 0.2) is 0 Å². The quantitative estimate of drug-likeness (QED) is 0.376. The van der Waals surface area contributed by atoms with Crippen LogP contribution in [0, 0.1) is 5.41 Å². The van der Waals surface area contributed by atoms with E-state index in [1.54, 1.807) is 6.07 Å². The molecule has 0 unspecified atom stereocenters. The summed E-state index contributed by atoms with van der Waals surface area (Å²) in [4.78, 5) is 11.9. The van der Waals surface area contributed by atoms with Gasteiger partial charge < -0.3 is 10.2 Å². The first kappa shape index (κ1) is 13.4. The maximum absolute atomic E-state index is 11.9. The number of esters is 1. The minimum Gasteiger partial charge on any atom is -0.426 e. The van der Waals surface area contributed by atoms with E-state index in [2.05, 4.69) is 5.43 Å². The van der Waals surface area contributed by atoms with Gasteiger partial charge in [-0.25, -0.2) is 0 Å². The summed E-state index contributed by atoms with van der Waals surface area (Å²) in [6.07, 6.45) is 0. The van der Waals surface area contributed by atoms with Crippen LogP contribution in [-0.2, 0) is 4.79 Å². The highest BCUT2D eigenvalue weighted by Gasteiger charge is 2.24. The Labute approximate surface area is 112 Å². The SMILES string of the molecule is CC(C)(C)C(=O)Oc1cc(NN)c2ccccc2c1. The molecule has 0 saturated carbocycles. The zero-order valence-corrected chi connectivity index (χ0v) is 11.4. The van der Waals surface area contributed by atoms with Gasteiger partial charge in [-0.15, -0.1) is 0 Å². The van der Waals surface area contributed by atoms with Gasteiger partial charge in [0.25, 0.3) is 0 Å². The lowest BCUT2D eigenvalue weighted by Gasteiger charge is -2.17. The second kappa shape index (κ2) is 4.90. The Kier molecular flexibility index (Phi) is 3.44. The first-order valence-corrected chi connectivity index (χ1v) is 6.13. The molecule has 100 valence electrons. The molecule has 0 amide bonds. The van der Waals surface area contributed by atoms with Crippen molar-refractivity contribution >= 4 is 22.4 Å². The summed E-state index contributed by atoms with van der Waals surface area (Å²) in [5.41, 5.74) is 2.82. The number of hydrogen-bond acceptors (Lipinski definition) is 4. The fourth-order valence-electron chi connectivity index (χ4n) is 1.72. The lowest BCUT2D eigenvalue weighted by Crippen LogP contribution is -2.25. The highest BCUT2D eigenvalue weighted by molar-refractivity contribution is 5.95. The van der Waals surface area contributed by atoms with Crippen LogP contribution in [0.25, 0.3) is 10.8 Å². The number of nitrogens with two attached hydrogens (primary N) is 1. The fraction of sp³-hybridized carbons (Fsp3) is 0.267. The third-order valence-electron chi connectivity index (χ3n) is 2.81. The lowest BCUT2D eigenvalue weighted by molar-refractivity contribution is -0.142. The molecule has 0 radical (unpaired) electrons. The number of carbonyl (C=O) groups excluding carboxylic acids is 1. The summed E-state index contributed by atoms with van der Waals surface area (Å²) in [5.74, 6) is 5.73. The highest BCUT2D eigenvalue weighted by atomic mass is 16.5. The number of nitrogens with one attached hydrogen (secondary N) is 1. The van der Waals surface area contributed by atoms with E-state index in [0.29, 0.717) is 5.75 Å². The van der Waals surface area contributed by atoms with Gasteiger partial charge in [-0.05, 0) is 32.2 Å². The van der Waals surface area contributed by atoms with Crippen molar-refractivity contribution in [1.29, 1.82) is 0 Å². The molecule has 0 heterocycles. The van der Waals surface area contributed by atoms with Crippen molar-refractivity contribution in [1.82, 2.24) is 0 Å². The van der Waals surface area contributed by atoms with E-state index in [4.69, 9.17) is 10.6 Å². The summed E-state index contributed by atoms with van der Waals surface area (Å²) in [6, 6.07) is 11.3. The van der Waals surface area contributed by atoms with E-state index >= 15 is 0 Å². The molecule has 3 N–H and O–H groups in total. The smallest absolute Gasteiger partial charge is 0.316 e. The maximum atomic E-state index is 11.9. The zero-order chi connectivity index (χ0) is 14.0. The molecule has 0 aliphatic rings. The number of hydrazine groups is 1. The van der Waals surface area contributed by atoms with Crippen LogP contribution in [0.3, 0.4) is 0 Å². The maximum Gasteiger partial charge on any atom is 0.316 e. The Hall–Kier alpha value is -2.07. The Morgan fingerprint density at radius 2 is 1.89 bits per heavy atom. The van der Waals surface area contributed by atoms with Gasteiger partial charge in [0.2, 0.25) is 0 Å². The second-order valence-electron chi connectivity index (χ2n) is 5.48. The van der Waals surface area contributed by atoms with Crippen molar-refractivity contribution in [3.8, 4) is 5.75 Å². The number of fused-ring (bicyclic) bond motifs is 1. The molecule has 0 fully saturated rings. The molecule has 0 bridgehead atoms. The lowest BCUT2D eigenvalue weighted by atomic mass is 9.97. The van der Waals surface area contributed by atoms with Crippen molar-refractivity contribution < 1.29 is 9.53 Å². The molecular formula is C15H18N2O2. The summed E-state index contributed by atoms with van der Waals surface area (Å²) in [5, 5.41) is 1.95. The van der Waals surface area contributed by atoms with Crippen LogP contribution in [-0.4, -0.2) is 5.97 Å². The largest absolute Gasteiger partial charge is 0.426 e. The first-order valence-electron chi connectivity index (χ1n) is 6.13. The highest BCUT2D eigenvalue weighted by Crippen LogP contribution is 2.30. The van der Waals surface area contributed by atoms with Gasteiger partial charge in [-0.2, -0.15) is 0 Å². The third-order valence-corrected chi connectivity index (χ3v) is 2.81. The summed E-state index contributed by atoms with van der Waals surface area (Å²) in [7, 11) is 0. The van der Waals surface area contributed by atoms with Crippen molar-refractivity contribution in [3.05, 3.63) is 36.4 Å². The van der Waals surface area contributed by atoms with Crippen molar-refractivity contribution in [2.45, 2.75) is 20.8 Å². The van der Waals surface area contributed by atoms with Crippen LogP contribution < -0.4 is 16.0 Å². The molecule has 2 aromatic carbocycles. The first-order chi connectivity index (χ1) is 8.91. The topological polar surface area (TPSA) is 64.3 Å². The number of hydrogen-bond donors (Lipinski definition) is 2. The number of anilines is 1. The minimum absolute atomic E-state index is 0.272. The summed E-state index contributed by atoms with van der Waals surface area (Å²) >= 11 is 0. The van der Waals surface area contributed by atoms with Crippen LogP contribution in [0.1, 0.15) is 20.8 Å². The fourth-order valence-corrected chi connectivity index (χ4v) is 1.72. The van der Waals surface area contributed by atoms with Gasteiger partial charge in [0.1, 0.15) is 5.75 Å². The van der Waals surface area contributed by atoms with E-state index in [1.807, 2.05) is 51.1 Å². The van der Waals surface area contributed by atoms with Crippen LogP contribution >= 0.6 is 0 Å². The molecule has 19 heavy (non-hydrogen) atoms. The Balaban J connectivity index is 2.43. The van der Waals surface area contributed by atoms with Crippen LogP contribution in [0.4, 0.5) is 5.69 Å². The number of benzene rings is 2. The van der Waals surface area contributed by atoms with Gasteiger partial charge in [-0.1, -0.05) is 24.3 Å². The molecule has 4 nitrogen and oxygen atoms in total. The van der Waals surface area contributed by atoms with E-state index in [-0.39, 0.29) is 5.97 Å². The van der Waals surface area contributed by atoms with E-state index < -0.39 is 5.41 Å². The standard InChI is InChI=1S/C15H18N2O2/c1-15(2,3)14(18)19-11-8-10-6-4-5-7-12(10)13(9-11)17-16/h4-9,17H,16H2,1-3H3. The second-order valence-corrected chi connectivity index (χ2v) is 5.48. The zero-order valence-electron chi connectivity index (χ0n) is 11.4. The number of carbonyl (C=O) groups is 1. The molecule has 4 heteroatoms. The summed E-state index contributed by atoms with van der Waals surface area (Å²) in [6.45, 7) is 5.45. The van der Waals surface area contributed by atoms with Crippen LogP contribution in [0.15, 0.2) is 36.4 Å². The van der Waals surface area contributed by atoms with Gasteiger partial charge >= 0.3 is 5.97 Å². The molecule has 2 rings (SSSR count). The van der Waals surface area contributed by atoms with Gasteiger partial charge in [0.05, 0.1) is 11.1 Å². The predicted molar refractivity (Wildman–Crippen MR) is 76.8 cm³/mol. The molecule has 0 aliphatic heterocycles. The normalized spacial score (nSPS) is 11.4.